The molecule has 1 heterocycles. The summed E-state index contributed by atoms with van der Waals surface area (Å²) in [5, 5.41) is 0.341. The number of halogens is 3. The van der Waals surface area contributed by atoms with Gasteiger partial charge in [-0.3, -0.25) is 0 Å². The van der Waals surface area contributed by atoms with E-state index in [1.54, 1.807) is 6.92 Å². The molecule has 0 fully saturated rings. The standard InChI is InChI=1S/C10H7Cl3N2O3/c1-2-18-10(17)15-5-3-4(11)6(12)7(13)8(5)14-9(15)16/h3H,2H2,1H3,(H,14,16). The van der Waals surface area contributed by atoms with Crippen molar-refractivity contribution < 1.29 is 9.53 Å². The van der Waals surface area contributed by atoms with Gasteiger partial charge in [0.1, 0.15) is 0 Å². The van der Waals surface area contributed by atoms with Gasteiger partial charge in [-0.15, -0.1) is 0 Å². The lowest BCUT2D eigenvalue weighted by atomic mass is 10.3. The molecule has 1 aromatic heterocycles. The molecule has 0 atom stereocenters. The first-order chi connectivity index (χ1) is 8.47. The van der Waals surface area contributed by atoms with Crippen LogP contribution < -0.4 is 5.69 Å². The fraction of sp³-hybridized carbons (Fsp3) is 0.200. The normalized spacial score (nSPS) is 10.9. The highest BCUT2D eigenvalue weighted by molar-refractivity contribution is 6.50. The summed E-state index contributed by atoms with van der Waals surface area (Å²) in [5.74, 6) is 0. The summed E-state index contributed by atoms with van der Waals surface area (Å²) in [6, 6.07) is 1.37. The Kier molecular flexibility index (Phi) is 3.56. The van der Waals surface area contributed by atoms with E-state index in [0.717, 1.165) is 4.57 Å². The Labute approximate surface area is 116 Å². The molecule has 2 rings (SSSR count). The van der Waals surface area contributed by atoms with E-state index in [1.165, 1.54) is 6.07 Å². The lowest BCUT2D eigenvalue weighted by Gasteiger charge is -2.04. The van der Waals surface area contributed by atoms with Crippen LogP contribution in [-0.4, -0.2) is 22.3 Å². The topological polar surface area (TPSA) is 64.1 Å². The lowest BCUT2D eigenvalue weighted by Crippen LogP contribution is -2.25. The molecule has 0 amide bonds. The van der Waals surface area contributed by atoms with Crippen LogP contribution >= 0.6 is 34.8 Å². The maximum atomic E-state index is 11.7. The Morgan fingerprint density at radius 1 is 1.39 bits per heavy atom. The van der Waals surface area contributed by atoms with Crippen LogP contribution in [0.2, 0.25) is 15.1 Å². The quantitative estimate of drug-likeness (QED) is 0.822. The molecule has 0 radical (unpaired) electrons. The van der Waals surface area contributed by atoms with Crippen LogP contribution in [0.1, 0.15) is 6.92 Å². The average molecular weight is 310 g/mol. The predicted octanol–water partition coefficient (Wildman–Crippen LogP) is 3.29. The lowest BCUT2D eigenvalue weighted by molar-refractivity contribution is 0.154. The zero-order valence-electron chi connectivity index (χ0n) is 9.09. The molecule has 0 aliphatic carbocycles. The third-order valence-electron chi connectivity index (χ3n) is 2.27. The second kappa shape index (κ2) is 4.84. The van der Waals surface area contributed by atoms with E-state index in [9.17, 15) is 9.59 Å². The van der Waals surface area contributed by atoms with Crippen molar-refractivity contribution in [1.82, 2.24) is 9.55 Å². The summed E-state index contributed by atoms with van der Waals surface area (Å²) in [6.07, 6.45) is -0.803. The van der Waals surface area contributed by atoms with Crippen LogP contribution in [0.3, 0.4) is 0 Å². The van der Waals surface area contributed by atoms with Crippen molar-refractivity contribution in [2.24, 2.45) is 0 Å². The molecule has 96 valence electrons. The second-order valence-corrected chi connectivity index (χ2v) is 4.51. The van der Waals surface area contributed by atoms with E-state index in [2.05, 4.69) is 4.98 Å². The van der Waals surface area contributed by atoms with Crippen LogP contribution in [0.25, 0.3) is 11.0 Å². The van der Waals surface area contributed by atoms with E-state index in [4.69, 9.17) is 39.5 Å². The van der Waals surface area contributed by atoms with Crippen LogP contribution in [0.4, 0.5) is 4.79 Å². The van der Waals surface area contributed by atoms with Gasteiger partial charge in [-0.05, 0) is 13.0 Å². The first-order valence-corrected chi connectivity index (χ1v) is 6.06. The molecule has 0 bridgehead atoms. The van der Waals surface area contributed by atoms with Crippen LogP contribution in [0.5, 0.6) is 0 Å². The van der Waals surface area contributed by atoms with Gasteiger partial charge in [-0.1, -0.05) is 34.8 Å². The number of hydrogen-bond donors (Lipinski definition) is 1. The minimum atomic E-state index is -0.803. The van der Waals surface area contributed by atoms with Crippen molar-refractivity contribution in [3.63, 3.8) is 0 Å². The van der Waals surface area contributed by atoms with Crippen LogP contribution in [0, 0.1) is 0 Å². The molecule has 8 heteroatoms. The second-order valence-electron chi connectivity index (χ2n) is 3.34. The maximum Gasteiger partial charge on any atom is 0.422 e. The van der Waals surface area contributed by atoms with Gasteiger partial charge in [-0.25, -0.2) is 9.59 Å². The Bertz CT molecular complexity index is 690. The van der Waals surface area contributed by atoms with E-state index in [0.29, 0.717) is 0 Å². The third-order valence-corrected chi connectivity index (χ3v) is 3.53. The number of aromatic amines is 1. The van der Waals surface area contributed by atoms with Gasteiger partial charge in [-0.2, -0.15) is 4.57 Å². The van der Waals surface area contributed by atoms with Crippen LogP contribution in [-0.2, 0) is 4.74 Å². The zero-order chi connectivity index (χ0) is 13.4. The van der Waals surface area contributed by atoms with Gasteiger partial charge in [0.25, 0.3) is 0 Å². The van der Waals surface area contributed by atoms with Gasteiger partial charge >= 0.3 is 11.8 Å². The van der Waals surface area contributed by atoms with Crippen molar-refractivity contribution in [2.75, 3.05) is 6.61 Å². The van der Waals surface area contributed by atoms with Crippen molar-refractivity contribution in [1.29, 1.82) is 0 Å². The van der Waals surface area contributed by atoms with E-state index in [-0.39, 0.29) is 32.7 Å². The number of hydrogen-bond acceptors (Lipinski definition) is 3. The Balaban J connectivity index is 2.80. The molecule has 0 saturated carbocycles. The molecule has 0 spiro atoms. The van der Waals surface area contributed by atoms with Gasteiger partial charge in [0.05, 0.1) is 32.7 Å². The van der Waals surface area contributed by atoms with Crippen molar-refractivity contribution in [2.45, 2.75) is 6.92 Å². The molecular formula is C10H7Cl3N2O3. The van der Waals surface area contributed by atoms with E-state index >= 15 is 0 Å². The van der Waals surface area contributed by atoms with Crippen molar-refractivity contribution in [3.8, 4) is 0 Å². The van der Waals surface area contributed by atoms with Gasteiger partial charge in [0.2, 0.25) is 0 Å². The maximum absolute atomic E-state index is 11.7. The highest BCUT2D eigenvalue weighted by Crippen LogP contribution is 2.35. The number of H-pyrrole nitrogens is 1. The number of benzene rings is 1. The highest BCUT2D eigenvalue weighted by Gasteiger charge is 2.19. The van der Waals surface area contributed by atoms with E-state index in [1.807, 2.05) is 0 Å². The number of carbonyl (C=O) groups is 1. The molecular weight excluding hydrogens is 302 g/mol. The number of ether oxygens (including phenoxy) is 1. The first kappa shape index (κ1) is 13.3. The molecule has 0 saturated heterocycles. The Hall–Kier alpha value is -1.17. The number of carbonyl (C=O) groups excluding carboxylic acids is 1. The third kappa shape index (κ3) is 1.98. The molecule has 1 N–H and O–H groups in total. The number of nitrogens with one attached hydrogen (secondary N) is 1. The largest absolute Gasteiger partial charge is 0.449 e. The van der Waals surface area contributed by atoms with Gasteiger partial charge in [0.15, 0.2) is 0 Å². The van der Waals surface area contributed by atoms with Crippen molar-refractivity contribution in [3.05, 3.63) is 31.6 Å². The van der Waals surface area contributed by atoms with Crippen LogP contribution in [0.15, 0.2) is 10.9 Å². The molecule has 0 aliphatic heterocycles. The first-order valence-electron chi connectivity index (χ1n) is 4.92. The summed E-state index contributed by atoms with van der Waals surface area (Å²) in [6.45, 7) is 1.78. The van der Waals surface area contributed by atoms with Crippen molar-refractivity contribution >= 4 is 51.9 Å². The minimum absolute atomic E-state index is 0.0827. The highest BCUT2D eigenvalue weighted by atomic mass is 35.5. The average Bonchev–Trinajstić information content (AvgIpc) is 2.63. The number of fused-ring (bicyclic) bond motifs is 1. The molecule has 5 nitrogen and oxygen atoms in total. The molecule has 2 aromatic rings. The fourth-order valence-corrected chi connectivity index (χ4v) is 2.16. The number of rotatable bonds is 1. The summed E-state index contributed by atoms with van der Waals surface area (Å²) >= 11 is 17.7. The predicted molar refractivity (Wildman–Crippen MR) is 70.0 cm³/mol. The van der Waals surface area contributed by atoms with E-state index < -0.39 is 11.8 Å². The molecule has 0 aliphatic rings. The van der Waals surface area contributed by atoms with Gasteiger partial charge in [0, 0.05) is 0 Å². The number of nitrogens with zero attached hydrogens (tertiary/aromatic N) is 1. The smallest absolute Gasteiger partial charge is 0.422 e. The summed E-state index contributed by atoms with van der Waals surface area (Å²) in [5.41, 5.74) is -0.203. The van der Waals surface area contributed by atoms with Gasteiger partial charge < -0.3 is 9.72 Å². The summed E-state index contributed by atoms with van der Waals surface area (Å²) in [4.78, 5) is 25.8. The Morgan fingerprint density at radius 2 is 2.06 bits per heavy atom. The molecule has 0 unspecified atom stereocenters. The number of imidazole rings is 1. The fourth-order valence-electron chi connectivity index (χ4n) is 1.52. The Morgan fingerprint density at radius 3 is 2.67 bits per heavy atom. The molecule has 1 aromatic carbocycles. The summed E-state index contributed by atoms with van der Waals surface area (Å²) < 4.78 is 5.58. The monoisotopic (exact) mass is 308 g/mol. The minimum Gasteiger partial charge on any atom is -0.449 e. The molecule has 18 heavy (non-hydrogen) atoms. The number of aromatic nitrogens is 2. The zero-order valence-corrected chi connectivity index (χ0v) is 11.4. The summed E-state index contributed by atoms with van der Waals surface area (Å²) in [7, 11) is 0. The SMILES string of the molecule is CCOC(=O)n1c(=O)[nH]c2c(Cl)c(Cl)c(Cl)cc21.